The molecule has 1 N–H and O–H groups in total. The first-order valence-corrected chi connectivity index (χ1v) is 4.23. The van der Waals surface area contributed by atoms with E-state index >= 15 is 0 Å². The number of alkyl halides is 1. The highest BCUT2D eigenvalue weighted by atomic mass is 35.5. The monoisotopic (exact) mass is 183 g/mol. The number of nitrogens with one attached hydrogen (secondary N) is 1. The lowest BCUT2D eigenvalue weighted by atomic mass is 10.1. The molecule has 0 unspecified atom stereocenters. The average Bonchev–Trinajstić information content (AvgIpc) is 2.06. The Morgan fingerprint density at radius 3 is 2.58 bits per heavy atom. The molecule has 64 valence electrons. The third kappa shape index (κ3) is 2.93. The van der Waals surface area contributed by atoms with Crippen molar-refractivity contribution in [2.24, 2.45) is 0 Å². The van der Waals surface area contributed by atoms with E-state index in [0.717, 1.165) is 5.56 Å². The van der Waals surface area contributed by atoms with Crippen LogP contribution in [0.1, 0.15) is 5.56 Å². The summed E-state index contributed by atoms with van der Waals surface area (Å²) in [6, 6.07) is 9.73. The van der Waals surface area contributed by atoms with E-state index in [0.29, 0.717) is 6.42 Å². The first-order valence-electron chi connectivity index (χ1n) is 3.69. The summed E-state index contributed by atoms with van der Waals surface area (Å²) in [6.07, 6.45) is 0.396. The molecule has 0 aromatic heterocycles. The predicted octanol–water partition coefficient (Wildman–Crippen LogP) is 1.54. The summed E-state index contributed by atoms with van der Waals surface area (Å²) < 4.78 is 0. The van der Waals surface area contributed by atoms with E-state index in [1.165, 1.54) is 0 Å². The van der Waals surface area contributed by atoms with E-state index in [2.05, 4.69) is 5.32 Å². The summed E-state index contributed by atoms with van der Waals surface area (Å²) in [6.45, 7) is 0. The molecule has 0 saturated carbocycles. The third-order valence-corrected chi connectivity index (χ3v) is 1.61. The van der Waals surface area contributed by atoms with Gasteiger partial charge < -0.3 is 5.32 Å². The molecule has 0 bridgehead atoms. The normalized spacial score (nSPS) is 9.42. The van der Waals surface area contributed by atoms with Gasteiger partial charge in [0.1, 0.15) is 0 Å². The van der Waals surface area contributed by atoms with Crippen LogP contribution in [0.15, 0.2) is 30.3 Å². The minimum absolute atomic E-state index is 0.0452. The van der Waals surface area contributed by atoms with Crippen LogP contribution < -0.4 is 5.32 Å². The van der Waals surface area contributed by atoms with Crippen LogP contribution in [0, 0.1) is 0 Å². The number of carbonyl (C=O) groups is 1. The second-order valence-corrected chi connectivity index (χ2v) is 2.66. The summed E-state index contributed by atoms with van der Waals surface area (Å²) >= 11 is 5.33. The minimum Gasteiger partial charge on any atom is -0.342 e. The summed E-state index contributed by atoms with van der Waals surface area (Å²) in [5.41, 5.74) is 1.00. The van der Waals surface area contributed by atoms with Gasteiger partial charge in [-0.15, -0.1) is 11.6 Å². The topological polar surface area (TPSA) is 29.1 Å². The smallest absolute Gasteiger partial charge is 0.225 e. The molecule has 0 radical (unpaired) electrons. The minimum atomic E-state index is -0.0452. The van der Waals surface area contributed by atoms with E-state index < -0.39 is 0 Å². The van der Waals surface area contributed by atoms with Gasteiger partial charge in [-0.2, -0.15) is 0 Å². The van der Waals surface area contributed by atoms with Crippen LogP contribution in [0.25, 0.3) is 0 Å². The molecule has 0 heterocycles. The second kappa shape index (κ2) is 4.78. The molecule has 0 spiro atoms. The maximum atomic E-state index is 11.0. The zero-order chi connectivity index (χ0) is 8.81. The molecular formula is C9H10ClNO. The molecule has 0 atom stereocenters. The Labute approximate surface area is 76.5 Å². The van der Waals surface area contributed by atoms with Crippen LogP contribution in [0.3, 0.4) is 0 Å². The maximum absolute atomic E-state index is 11.0. The number of benzene rings is 1. The van der Waals surface area contributed by atoms with Crippen molar-refractivity contribution >= 4 is 17.5 Å². The average molecular weight is 184 g/mol. The molecule has 1 aromatic rings. The molecule has 2 nitrogen and oxygen atoms in total. The fraction of sp³-hybridized carbons (Fsp3) is 0.222. The SMILES string of the molecule is O=C(Cc1ccccc1)NCCl. The van der Waals surface area contributed by atoms with Crippen molar-refractivity contribution in [1.82, 2.24) is 5.32 Å². The molecular weight excluding hydrogens is 174 g/mol. The molecule has 1 rings (SSSR count). The molecule has 0 aliphatic rings. The van der Waals surface area contributed by atoms with E-state index in [1.807, 2.05) is 30.3 Å². The van der Waals surface area contributed by atoms with Crippen molar-refractivity contribution < 1.29 is 4.79 Å². The van der Waals surface area contributed by atoms with Crippen molar-refractivity contribution in [3.63, 3.8) is 0 Å². The lowest BCUT2D eigenvalue weighted by molar-refractivity contribution is -0.120. The van der Waals surface area contributed by atoms with Crippen LogP contribution in [-0.4, -0.2) is 11.9 Å². The first kappa shape index (κ1) is 9.07. The standard InChI is InChI=1S/C9H10ClNO/c10-7-11-9(12)6-8-4-2-1-3-5-8/h1-5H,6-7H2,(H,11,12). The Hall–Kier alpha value is -1.02. The van der Waals surface area contributed by atoms with Gasteiger partial charge in [-0.25, -0.2) is 0 Å². The number of carbonyl (C=O) groups excluding carboxylic acids is 1. The van der Waals surface area contributed by atoms with E-state index in [4.69, 9.17) is 11.6 Å². The van der Waals surface area contributed by atoms with Crippen LogP contribution >= 0.6 is 11.6 Å². The van der Waals surface area contributed by atoms with Gasteiger partial charge in [-0.05, 0) is 5.56 Å². The lowest BCUT2D eigenvalue weighted by Crippen LogP contribution is -2.23. The molecule has 0 aliphatic heterocycles. The van der Waals surface area contributed by atoms with Gasteiger partial charge in [-0.3, -0.25) is 4.79 Å². The summed E-state index contributed by atoms with van der Waals surface area (Å²) in [7, 11) is 0. The molecule has 1 amide bonds. The number of hydrogen-bond donors (Lipinski definition) is 1. The summed E-state index contributed by atoms with van der Waals surface area (Å²) in [4.78, 5) is 11.0. The van der Waals surface area contributed by atoms with E-state index in [1.54, 1.807) is 0 Å². The van der Waals surface area contributed by atoms with Crippen molar-refractivity contribution in [2.45, 2.75) is 6.42 Å². The molecule has 0 fully saturated rings. The quantitative estimate of drug-likeness (QED) is 0.559. The van der Waals surface area contributed by atoms with Gasteiger partial charge in [-0.1, -0.05) is 30.3 Å². The fourth-order valence-corrected chi connectivity index (χ4v) is 1.07. The van der Waals surface area contributed by atoms with Crippen LogP contribution in [0.2, 0.25) is 0 Å². The maximum Gasteiger partial charge on any atom is 0.225 e. The number of halogens is 1. The Bertz CT molecular complexity index is 248. The van der Waals surface area contributed by atoms with Crippen molar-refractivity contribution in [3.8, 4) is 0 Å². The summed E-state index contributed by atoms with van der Waals surface area (Å²) in [5, 5.41) is 2.52. The van der Waals surface area contributed by atoms with Gasteiger partial charge in [0.05, 0.1) is 12.4 Å². The Morgan fingerprint density at radius 1 is 1.33 bits per heavy atom. The highest BCUT2D eigenvalue weighted by Crippen LogP contribution is 1.98. The third-order valence-electron chi connectivity index (χ3n) is 1.47. The molecule has 3 heteroatoms. The van der Waals surface area contributed by atoms with Gasteiger partial charge in [0.25, 0.3) is 0 Å². The second-order valence-electron chi connectivity index (χ2n) is 2.40. The highest BCUT2D eigenvalue weighted by Gasteiger charge is 1.99. The number of rotatable bonds is 3. The zero-order valence-corrected chi connectivity index (χ0v) is 7.34. The van der Waals surface area contributed by atoms with E-state index in [-0.39, 0.29) is 11.9 Å². The molecule has 1 aromatic carbocycles. The number of amides is 1. The Morgan fingerprint density at radius 2 is 2.00 bits per heavy atom. The first-order chi connectivity index (χ1) is 5.83. The highest BCUT2D eigenvalue weighted by molar-refractivity contribution is 6.18. The largest absolute Gasteiger partial charge is 0.342 e. The number of hydrogen-bond acceptors (Lipinski definition) is 1. The van der Waals surface area contributed by atoms with Crippen LogP contribution in [0.5, 0.6) is 0 Å². The zero-order valence-electron chi connectivity index (χ0n) is 6.59. The summed E-state index contributed by atoms with van der Waals surface area (Å²) in [5.74, 6) is -0.0452. The van der Waals surface area contributed by atoms with Crippen molar-refractivity contribution in [2.75, 3.05) is 6.00 Å². The van der Waals surface area contributed by atoms with Gasteiger partial charge in [0.2, 0.25) is 5.91 Å². The van der Waals surface area contributed by atoms with Crippen molar-refractivity contribution in [1.29, 1.82) is 0 Å². The Kier molecular flexibility index (Phi) is 3.61. The van der Waals surface area contributed by atoms with Gasteiger partial charge in [0.15, 0.2) is 0 Å². The lowest BCUT2D eigenvalue weighted by Gasteiger charge is -2.00. The van der Waals surface area contributed by atoms with Crippen LogP contribution in [-0.2, 0) is 11.2 Å². The predicted molar refractivity (Wildman–Crippen MR) is 49.0 cm³/mol. The fourth-order valence-electron chi connectivity index (χ4n) is 0.918. The molecule has 0 saturated heterocycles. The van der Waals surface area contributed by atoms with E-state index in [9.17, 15) is 4.79 Å². The van der Waals surface area contributed by atoms with Gasteiger partial charge >= 0.3 is 0 Å². The molecule has 12 heavy (non-hydrogen) atoms. The molecule has 0 aliphatic carbocycles. The van der Waals surface area contributed by atoms with Gasteiger partial charge in [0, 0.05) is 0 Å². The Balaban J connectivity index is 2.47. The van der Waals surface area contributed by atoms with Crippen molar-refractivity contribution in [3.05, 3.63) is 35.9 Å². The van der Waals surface area contributed by atoms with Crippen LogP contribution in [0.4, 0.5) is 0 Å².